The van der Waals surface area contributed by atoms with Crippen LogP contribution in [0.3, 0.4) is 0 Å². The van der Waals surface area contributed by atoms with Gasteiger partial charge in [-0.1, -0.05) is 12.1 Å². The second-order valence-corrected chi connectivity index (χ2v) is 8.46. The Bertz CT molecular complexity index is 1210. The predicted molar refractivity (Wildman–Crippen MR) is 118 cm³/mol. The molecule has 2 amide bonds. The molecule has 3 aromatic rings. The number of aryl methyl sites for hydroxylation is 1. The number of carbonyl (C=O) groups excluding carboxylic acids is 2. The van der Waals surface area contributed by atoms with Crippen molar-refractivity contribution in [3.8, 4) is 5.75 Å². The van der Waals surface area contributed by atoms with Crippen molar-refractivity contribution in [3.05, 3.63) is 89.0 Å². The molecule has 2 N–H and O–H groups in total. The highest BCUT2D eigenvalue weighted by molar-refractivity contribution is 5.99. The van der Waals surface area contributed by atoms with E-state index in [2.05, 4.69) is 9.97 Å². The van der Waals surface area contributed by atoms with Gasteiger partial charge < -0.3 is 15.4 Å². The molecule has 0 aliphatic heterocycles. The third-order valence-corrected chi connectivity index (χ3v) is 6.73. The van der Waals surface area contributed by atoms with E-state index in [0.717, 1.165) is 29.7 Å². The van der Waals surface area contributed by atoms with Crippen LogP contribution in [0.1, 0.15) is 45.2 Å². The number of carbonyl (C=O) groups is 2. The average Bonchev–Trinajstić information content (AvgIpc) is 3.42. The quantitative estimate of drug-likeness (QED) is 0.651. The van der Waals surface area contributed by atoms with Crippen LogP contribution >= 0.6 is 0 Å². The minimum atomic E-state index is -0.950. The number of aromatic nitrogens is 2. The highest BCUT2D eigenvalue weighted by atomic mass is 16.5. The number of nitrogens with two attached hydrogens (primary N) is 1. The van der Waals surface area contributed by atoms with Gasteiger partial charge in [0, 0.05) is 29.8 Å². The van der Waals surface area contributed by atoms with Gasteiger partial charge in [0.05, 0.1) is 18.2 Å². The Kier molecular flexibility index (Phi) is 4.69. The third-order valence-electron chi connectivity index (χ3n) is 6.73. The zero-order valence-electron chi connectivity index (χ0n) is 18.0. The van der Waals surface area contributed by atoms with Crippen molar-refractivity contribution in [1.82, 2.24) is 14.9 Å². The van der Waals surface area contributed by atoms with Gasteiger partial charge in [-0.2, -0.15) is 0 Å². The molecule has 0 spiro atoms. The van der Waals surface area contributed by atoms with Crippen molar-refractivity contribution in [2.75, 3.05) is 7.11 Å². The number of benzene rings is 1. The van der Waals surface area contributed by atoms with Crippen LogP contribution in [-0.2, 0) is 16.8 Å². The first-order chi connectivity index (χ1) is 15.5. The first-order valence-electron chi connectivity index (χ1n) is 10.6. The third kappa shape index (κ3) is 2.96. The number of methoxy groups -OCH3 is 1. The van der Waals surface area contributed by atoms with Gasteiger partial charge in [-0.05, 0) is 67.1 Å². The molecule has 2 aromatic heterocycles. The largest absolute Gasteiger partial charge is 0.497 e. The maximum absolute atomic E-state index is 14.1. The van der Waals surface area contributed by atoms with Crippen molar-refractivity contribution in [2.45, 2.75) is 31.3 Å². The predicted octanol–water partition coefficient (Wildman–Crippen LogP) is 2.93. The summed E-state index contributed by atoms with van der Waals surface area (Å²) in [6.45, 7) is 1.80. The number of amides is 2. The Balaban J connectivity index is 1.70. The molecule has 1 aromatic carbocycles. The fourth-order valence-electron chi connectivity index (χ4n) is 5.21. The summed E-state index contributed by atoms with van der Waals surface area (Å²) >= 11 is 0. The Labute approximate surface area is 186 Å². The maximum Gasteiger partial charge on any atom is 0.257 e. The molecule has 32 heavy (non-hydrogen) atoms. The molecular weight excluding hydrogens is 404 g/mol. The lowest BCUT2D eigenvalue weighted by molar-refractivity contribution is -0.124. The van der Waals surface area contributed by atoms with Gasteiger partial charge in [0.25, 0.3) is 5.91 Å². The molecule has 2 aliphatic rings. The highest BCUT2D eigenvalue weighted by Crippen LogP contribution is 2.65. The molecule has 2 heterocycles. The Morgan fingerprint density at radius 3 is 2.72 bits per heavy atom. The number of ether oxygens (including phenoxy) is 1. The topological polar surface area (TPSA) is 98.4 Å². The minimum Gasteiger partial charge on any atom is -0.497 e. The highest BCUT2D eigenvalue weighted by Gasteiger charge is 2.66. The van der Waals surface area contributed by atoms with Crippen LogP contribution < -0.4 is 10.5 Å². The molecule has 3 atom stereocenters. The zero-order chi connectivity index (χ0) is 22.5. The Morgan fingerprint density at radius 2 is 2.03 bits per heavy atom. The smallest absolute Gasteiger partial charge is 0.257 e. The SMILES string of the molecule is COc1ccc2c(c1)CC1CC21N(C(=O)c1cccnc1C)[C@@H](C(N)=O)c1cccnc1. The molecule has 1 saturated carbocycles. The summed E-state index contributed by atoms with van der Waals surface area (Å²) in [6, 6.07) is 12.0. The number of hydrogen-bond donors (Lipinski definition) is 1. The van der Waals surface area contributed by atoms with Crippen molar-refractivity contribution < 1.29 is 14.3 Å². The van der Waals surface area contributed by atoms with Crippen LogP contribution in [0.5, 0.6) is 5.75 Å². The number of fused-ring (bicyclic) bond motifs is 3. The second kappa shape index (κ2) is 7.44. The van der Waals surface area contributed by atoms with Gasteiger partial charge in [-0.15, -0.1) is 0 Å². The lowest BCUT2D eigenvalue weighted by atomic mass is 9.95. The number of rotatable bonds is 6. The van der Waals surface area contributed by atoms with Gasteiger partial charge in [0.2, 0.25) is 5.91 Å². The van der Waals surface area contributed by atoms with Crippen molar-refractivity contribution in [2.24, 2.45) is 11.7 Å². The molecule has 5 rings (SSSR count). The molecule has 0 radical (unpaired) electrons. The van der Waals surface area contributed by atoms with Crippen LogP contribution in [0.25, 0.3) is 0 Å². The lowest BCUT2D eigenvalue weighted by Crippen LogP contribution is -2.48. The van der Waals surface area contributed by atoms with E-state index in [1.807, 2.05) is 18.2 Å². The van der Waals surface area contributed by atoms with Crippen LogP contribution in [0.4, 0.5) is 0 Å². The summed E-state index contributed by atoms with van der Waals surface area (Å²) in [6.07, 6.45) is 6.48. The summed E-state index contributed by atoms with van der Waals surface area (Å²) in [4.78, 5) is 37.1. The lowest BCUT2D eigenvalue weighted by Gasteiger charge is -2.38. The number of nitrogens with zero attached hydrogens (tertiary/aromatic N) is 3. The summed E-state index contributed by atoms with van der Waals surface area (Å²) < 4.78 is 5.40. The van der Waals surface area contributed by atoms with Gasteiger partial charge in [0.15, 0.2) is 0 Å². The van der Waals surface area contributed by atoms with E-state index in [9.17, 15) is 9.59 Å². The van der Waals surface area contributed by atoms with Crippen LogP contribution in [0, 0.1) is 12.8 Å². The number of hydrogen-bond acceptors (Lipinski definition) is 5. The summed E-state index contributed by atoms with van der Waals surface area (Å²) in [5.74, 6) is 0.147. The molecule has 7 nitrogen and oxygen atoms in total. The zero-order valence-corrected chi connectivity index (χ0v) is 18.0. The van der Waals surface area contributed by atoms with Crippen LogP contribution in [0.2, 0.25) is 0 Å². The average molecular weight is 428 g/mol. The molecule has 0 saturated heterocycles. The maximum atomic E-state index is 14.1. The first kappa shape index (κ1) is 20.2. The fourth-order valence-corrected chi connectivity index (χ4v) is 5.21. The van der Waals surface area contributed by atoms with Gasteiger partial charge in [0.1, 0.15) is 11.8 Å². The summed E-state index contributed by atoms with van der Waals surface area (Å²) in [5.41, 5.74) is 9.19. The van der Waals surface area contributed by atoms with Crippen molar-refractivity contribution >= 4 is 11.8 Å². The Morgan fingerprint density at radius 1 is 1.22 bits per heavy atom. The van der Waals surface area contributed by atoms with Gasteiger partial charge >= 0.3 is 0 Å². The summed E-state index contributed by atoms with van der Waals surface area (Å²) in [5, 5.41) is 0. The van der Waals surface area contributed by atoms with Crippen molar-refractivity contribution in [3.63, 3.8) is 0 Å². The van der Waals surface area contributed by atoms with Gasteiger partial charge in [-0.3, -0.25) is 19.6 Å². The second-order valence-electron chi connectivity index (χ2n) is 8.46. The fraction of sp³-hybridized carbons (Fsp3) is 0.280. The minimum absolute atomic E-state index is 0.212. The van der Waals surface area contributed by atoms with Crippen molar-refractivity contribution in [1.29, 1.82) is 0 Å². The van der Waals surface area contributed by atoms with E-state index in [1.165, 1.54) is 0 Å². The van der Waals surface area contributed by atoms with E-state index in [0.29, 0.717) is 16.8 Å². The summed E-state index contributed by atoms with van der Waals surface area (Å²) in [7, 11) is 1.64. The van der Waals surface area contributed by atoms with E-state index in [1.54, 1.807) is 61.8 Å². The number of primary amides is 1. The van der Waals surface area contributed by atoms with Gasteiger partial charge in [-0.25, -0.2) is 0 Å². The first-order valence-corrected chi connectivity index (χ1v) is 10.6. The van der Waals surface area contributed by atoms with E-state index in [-0.39, 0.29) is 11.8 Å². The molecule has 7 heteroatoms. The Hall–Kier alpha value is -3.74. The van der Waals surface area contributed by atoms with E-state index < -0.39 is 17.5 Å². The van der Waals surface area contributed by atoms with E-state index in [4.69, 9.17) is 10.5 Å². The molecule has 2 aliphatic carbocycles. The van der Waals surface area contributed by atoms with Crippen LogP contribution in [-0.4, -0.2) is 33.8 Å². The number of pyridine rings is 2. The molecule has 1 fully saturated rings. The molecule has 2 unspecified atom stereocenters. The molecule has 0 bridgehead atoms. The molecular formula is C25H24N4O3. The van der Waals surface area contributed by atoms with E-state index >= 15 is 0 Å². The molecule has 162 valence electrons. The van der Waals surface area contributed by atoms with Crippen LogP contribution in [0.15, 0.2) is 61.1 Å². The normalized spacial score (nSPS) is 21.2. The standard InChI is InChI=1S/C25H24N4O3/c1-15-20(6-4-10-28-15)24(31)29(22(23(26)30)16-5-3-9-27-14-16)25-13-18(25)11-17-12-19(32-2)7-8-21(17)25/h3-10,12,14,18,22H,11,13H2,1-2H3,(H2,26,30)/t18?,22-,25?/m1/s1. The monoisotopic (exact) mass is 428 g/mol.